The predicted octanol–water partition coefficient (Wildman–Crippen LogP) is 4.59. The highest BCUT2D eigenvalue weighted by Crippen LogP contribution is 2.24. The summed E-state index contributed by atoms with van der Waals surface area (Å²) in [6.45, 7) is 6.79. The van der Waals surface area contributed by atoms with Gasteiger partial charge in [0, 0.05) is 12.2 Å². The molecule has 1 aromatic heterocycles. The molecule has 3 rings (SSSR count). The molecular weight excluding hydrogens is 355 g/mol. The fraction of sp³-hybridized carbons (Fsp3) is 0.227. The number of hydrogen-bond donors (Lipinski definition) is 2. The van der Waals surface area contributed by atoms with Crippen LogP contribution in [0.1, 0.15) is 42.4 Å². The van der Waals surface area contributed by atoms with Crippen LogP contribution >= 0.6 is 0 Å². The van der Waals surface area contributed by atoms with Crippen LogP contribution in [0.25, 0.3) is 0 Å². The van der Waals surface area contributed by atoms with Crippen molar-refractivity contribution in [2.75, 3.05) is 5.32 Å². The Labute approximate surface area is 164 Å². The van der Waals surface area contributed by atoms with Gasteiger partial charge in [-0.15, -0.1) is 0 Å². The van der Waals surface area contributed by atoms with Crippen LogP contribution in [-0.4, -0.2) is 15.9 Å². The number of amides is 1. The second-order valence-electron chi connectivity index (χ2n) is 7.55. The molecule has 2 aromatic carbocycles. The Bertz CT molecular complexity index is 930. The summed E-state index contributed by atoms with van der Waals surface area (Å²) in [4.78, 5) is 20.6. The Morgan fingerprint density at radius 3 is 2.21 bits per heavy atom. The van der Waals surface area contributed by atoms with E-state index in [1.165, 1.54) is 30.1 Å². The molecular formula is C22H23FN4O. The van der Waals surface area contributed by atoms with Gasteiger partial charge in [0.15, 0.2) is 0 Å². The summed E-state index contributed by atoms with van der Waals surface area (Å²) in [6.07, 6.45) is 2.94. The Hall–Kier alpha value is -3.28. The molecule has 144 valence electrons. The lowest BCUT2D eigenvalue weighted by atomic mass is 9.87. The molecule has 0 atom stereocenters. The maximum atomic E-state index is 12.9. The molecule has 0 saturated carbocycles. The molecule has 2 N–H and O–H groups in total. The first-order valence-electron chi connectivity index (χ1n) is 9.03. The topological polar surface area (TPSA) is 66.9 Å². The first-order valence-corrected chi connectivity index (χ1v) is 9.03. The minimum atomic E-state index is -0.335. The first kappa shape index (κ1) is 19.5. The van der Waals surface area contributed by atoms with Gasteiger partial charge >= 0.3 is 0 Å². The minimum Gasteiger partial charge on any atom is -0.347 e. The summed E-state index contributed by atoms with van der Waals surface area (Å²) >= 11 is 0. The average Bonchev–Trinajstić information content (AvgIpc) is 2.67. The van der Waals surface area contributed by atoms with Crippen molar-refractivity contribution < 1.29 is 9.18 Å². The van der Waals surface area contributed by atoms with E-state index in [2.05, 4.69) is 53.5 Å². The maximum Gasteiger partial charge on any atom is 0.271 e. The van der Waals surface area contributed by atoms with Crippen molar-refractivity contribution in [3.05, 3.63) is 83.6 Å². The minimum absolute atomic E-state index is 0.0985. The van der Waals surface area contributed by atoms with Crippen LogP contribution in [0.2, 0.25) is 0 Å². The summed E-state index contributed by atoms with van der Waals surface area (Å²) in [5.41, 5.74) is 3.27. The van der Waals surface area contributed by atoms with Crippen LogP contribution in [-0.2, 0) is 12.0 Å². The third-order valence-corrected chi connectivity index (χ3v) is 4.27. The van der Waals surface area contributed by atoms with E-state index in [0.717, 1.165) is 11.3 Å². The molecule has 0 bridgehead atoms. The molecule has 5 nitrogen and oxygen atoms in total. The van der Waals surface area contributed by atoms with E-state index in [9.17, 15) is 9.18 Å². The molecule has 0 aliphatic heterocycles. The Kier molecular flexibility index (Phi) is 5.68. The number of nitrogens with zero attached hydrogens (tertiary/aromatic N) is 2. The van der Waals surface area contributed by atoms with Crippen molar-refractivity contribution in [1.29, 1.82) is 0 Å². The highest BCUT2D eigenvalue weighted by Gasteiger charge is 2.13. The standard InChI is InChI=1S/C22H23FN4O/c1-22(2,3)16-6-10-18(11-7-16)27-20-14-24-19(13-25-20)21(28)26-12-15-4-8-17(23)9-5-15/h4-11,13-14H,12H2,1-3H3,(H,25,27)(H,26,28). The van der Waals surface area contributed by atoms with Crippen molar-refractivity contribution >= 4 is 17.4 Å². The van der Waals surface area contributed by atoms with Crippen LogP contribution in [0, 0.1) is 5.82 Å². The molecule has 1 amide bonds. The molecule has 0 radical (unpaired) electrons. The number of anilines is 2. The van der Waals surface area contributed by atoms with Crippen molar-refractivity contribution in [1.82, 2.24) is 15.3 Å². The highest BCUT2D eigenvalue weighted by molar-refractivity contribution is 5.92. The molecule has 0 unspecified atom stereocenters. The summed E-state index contributed by atoms with van der Waals surface area (Å²) < 4.78 is 12.9. The Morgan fingerprint density at radius 2 is 1.64 bits per heavy atom. The zero-order valence-corrected chi connectivity index (χ0v) is 16.2. The number of rotatable bonds is 5. The van der Waals surface area contributed by atoms with Crippen LogP contribution < -0.4 is 10.6 Å². The van der Waals surface area contributed by atoms with Crippen molar-refractivity contribution in [2.45, 2.75) is 32.7 Å². The van der Waals surface area contributed by atoms with E-state index in [1.807, 2.05) is 12.1 Å². The lowest BCUT2D eigenvalue weighted by Gasteiger charge is -2.19. The largest absolute Gasteiger partial charge is 0.347 e. The lowest BCUT2D eigenvalue weighted by molar-refractivity contribution is 0.0945. The Morgan fingerprint density at radius 1 is 0.964 bits per heavy atom. The van der Waals surface area contributed by atoms with E-state index in [-0.39, 0.29) is 22.8 Å². The predicted molar refractivity (Wildman–Crippen MR) is 108 cm³/mol. The van der Waals surface area contributed by atoms with Gasteiger partial charge in [-0.3, -0.25) is 4.79 Å². The third-order valence-electron chi connectivity index (χ3n) is 4.27. The van der Waals surface area contributed by atoms with E-state index in [4.69, 9.17) is 0 Å². The van der Waals surface area contributed by atoms with Gasteiger partial charge in [-0.05, 0) is 40.8 Å². The van der Waals surface area contributed by atoms with Gasteiger partial charge in [-0.1, -0.05) is 45.0 Å². The van der Waals surface area contributed by atoms with Gasteiger partial charge in [-0.2, -0.15) is 0 Å². The van der Waals surface area contributed by atoms with Gasteiger partial charge in [-0.25, -0.2) is 14.4 Å². The normalized spacial score (nSPS) is 11.1. The zero-order chi connectivity index (χ0) is 20.1. The van der Waals surface area contributed by atoms with Gasteiger partial charge in [0.25, 0.3) is 5.91 Å². The first-order chi connectivity index (χ1) is 13.3. The van der Waals surface area contributed by atoms with Crippen molar-refractivity contribution in [2.24, 2.45) is 0 Å². The number of carbonyl (C=O) groups excluding carboxylic acids is 1. The van der Waals surface area contributed by atoms with Gasteiger partial charge in [0.2, 0.25) is 0 Å². The van der Waals surface area contributed by atoms with E-state index >= 15 is 0 Å². The number of nitrogens with one attached hydrogen (secondary N) is 2. The van der Waals surface area contributed by atoms with E-state index in [1.54, 1.807) is 12.1 Å². The second kappa shape index (κ2) is 8.17. The summed E-state index contributed by atoms with van der Waals surface area (Å²) in [5.74, 6) is -0.0893. The monoisotopic (exact) mass is 378 g/mol. The number of benzene rings is 2. The summed E-state index contributed by atoms with van der Waals surface area (Å²) in [5, 5.41) is 5.91. The molecule has 0 aliphatic rings. The molecule has 0 saturated heterocycles. The molecule has 6 heteroatoms. The molecule has 3 aromatic rings. The zero-order valence-electron chi connectivity index (χ0n) is 16.2. The average molecular weight is 378 g/mol. The molecule has 0 aliphatic carbocycles. The highest BCUT2D eigenvalue weighted by atomic mass is 19.1. The molecule has 28 heavy (non-hydrogen) atoms. The fourth-order valence-corrected chi connectivity index (χ4v) is 2.59. The fourth-order valence-electron chi connectivity index (χ4n) is 2.59. The van der Waals surface area contributed by atoms with Crippen LogP contribution in [0.4, 0.5) is 15.9 Å². The number of aromatic nitrogens is 2. The number of halogens is 1. The third kappa shape index (κ3) is 5.13. The smallest absolute Gasteiger partial charge is 0.271 e. The molecule has 1 heterocycles. The van der Waals surface area contributed by atoms with Gasteiger partial charge in [0.1, 0.15) is 17.3 Å². The van der Waals surface area contributed by atoms with Crippen molar-refractivity contribution in [3.8, 4) is 0 Å². The molecule has 0 spiro atoms. The Balaban J connectivity index is 1.58. The number of hydrogen-bond acceptors (Lipinski definition) is 4. The van der Waals surface area contributed by atoms with Crippen LogP contribution in [0.3, 0.4) is 0 Å². The molecule has 0 fully saturated rings. The van der Waals surface area contributed by atoms with E-state index < -0.39 is 0 Å². The quantitative estimate of drug-likeness (QED) is 0.682. The van der Waals surface area contributed by atoms with Gasteiger partial charge < -0.3 is 10.6 Å². The van der Waals surface area contributed by atoms with Crippen LogP contribution in [0.5, 0.6) is 0 Å². The number of carbonyl (C=O) groups is 1. The SMILES string of the molecule is CC(C)(C)c1ccc(Nc2cnc(C(=O)NCc3ccc(F)cc3)cn2)cc1. The van der Waals surface area contributed by atoms with Gasteiger partial charge in [0.05, 0.1) is 12.4 Å². The second-order valence-corrected chi connectivity index (χ2v) is 7.55. The summed E-state index contributed by atoms with van der Waals surface area (Å²) in [7, 11) is 0. The lowest BCUT2D eigenvalue weighted by Crippen LogP contribution is -2.24. The van der Waals surface area contributed by atoms with Crippen LogP contribution in [0.15, 0.2) is 60.9 Å². The van der Waals surface area contributed by atoms with Crippen molar-refractivity contribution in [3.63, 3.8) is 0 Å². The van der Waals surface area contributed by atoms with E-state index in [0.29, 0.717) is 12.4 Å². The summed E-state index contributed by atoms with van der Waals surface area (Å²) in [6, 6.07) is 14.1. The maximum absolute atomic E-state index is 12.9.